The maximum absolute atomic E-state index is 12.7. The quantitative estimate of drug-likeness (QED) is 0.565. The van der Waals surface area contributed by atoms with E-state index in [1.165, 1.54) is 12.1 Å². The van der Waals surface area contributed by atoms with E-state index in [-0.39, 0.29) is 5.82 Å². The molecule has 2 nitrogen and oxygen atoms in total. The molecule has 1 rings (SSSR count). The van der Waals surface area contributed by atoms with Crippen LogP contribution in [0.5, 0.6) is 0 Å². The fourth-order valence-electron chi connectivity index (χ4n) is 1.37. The molecule has 16 heavy (non-hydrogen) atoms. The van der Waals surface area contributed by atoms with Gasteiger partial charge in [0.15, 0.2) is 0 Å². The number of rotatable bonds is 4. The highest BCUT2D eigenvalue weighted by Crippen LogP contribution is 2.12. The molecule has 0 saturated heterocycles. The minimum Gasteiger partial charge on any atom is -0.501 e. The van der Waals surface area contributed by atoms with Gasteiger partial charge in [-0.05, 0) is 24.6 Å². The van der Waals surface area contributed by atoms with Crippen LogP contribution in [0.25, 0.3) is 0 Å². The monoisotopic (exact) mass is 221 g/mol. The average Bonchev–Trinajstić information content (AvgIpc) is 2.30. The van der Waals surface area contributed by atoms with Crippen molar-refractivity contribution in [3.63, 3.8) is 0 Å². The predicted octanol–water partition coefficient (Wildman–Crippen LogP) is 2.99. The van der Waals surface area contributed by atoms with Gasteiger partial charge >= 0.3 is 0 Å². The lowest BCUT2D eigenvalue weighted by atomic mass is 10.1. The first kappa shape index (κ1) is 12.4. The highest BCUT2D eigenvalue weighted by Gasteiger charge is 2.02. The standard InChI is InChI=1S/C13H16FNO/c1-10(16-3)12(9-15-2)8-11-4-6-13(14)7-5-11/h4-7,9H,8H2,1-3H3/b12-10+,15-9?. The van der Waals surface area contributed by atoms with Crippen molar-refractivity contribution < 1.29 is 9.13 Å². The van der Waals surface area contributed by atoms with Crippen molar-refractivity contribution in [2.45, 2.75) is 13.3 Å². The Bertz CT molecular complexity index is 393. The topological polar surface area (TPSA) is 21.6 Å². The van der Waals surface area contributed by atoms with Crippen LogP contribution in [0.2, 0.25) is 0 Å². The molecule has 3 heteroatoms. The van der Waals surface area contributed by atoms with Crippen molar-refractivity contribution in [2.75, 3.05) is 14.2 Å². The smallest absolute Gasteiger partial charge is 0.123 e. The molecule has 0 atom stereocenters. The molecule has 1 aromatic rings. The molecule has 0 unspecified atom stereocenters. The molecule has 0 N–H and O–H groups in total. The van der Waals surface area contributed by atoms with Gasteiger partial charge in [-0.25, -0.2) is 4.39 Å². The number of aliphatic imine (C=N–C) groups is 1. The van der Waals surface area contributed by atoms with Crippen molar-refractivity contribution >= 4 is 6.21 Å². The summed E-state index contributed by atoms with van der Waals surface area (Å²) < 4.78 is 17.9. The van der Waals surface area contributed by atoms with Crippen LogP contribution < -0.4 is 0 Å². The third-order valence-electron chi connectivity index (χ3n) is 2.35. The Morgan fingerprint density at radius 2 is 2.00 bits per heavy atom. The van der Waals surface area contributed by atoms with Crippen molar-refractivity contribution in [1.82, 2.24) is 0 Å². The van der Waals surface area contributed by atoms with Crippen molar-refractivity contribution in [3.05, 3.63) is 47.0 Å². The Kier molecular flexibility index (Phi) is 4.70. The van der Waals surface area contributed by atoms with Gasteiger partial charge in [0.2, 0.25) is 0 Å². The number of methoxy groups -OCH3 is 1. The Morgan fingerprint density at radius 3 is 2.50 bits per heavy atom. The largest absolute Gasteiger partial charge is 0.501 e. The van der Waals surface area contributed by atoms with Crippen molar-refractivity contribution in [1.29, 1.82) is 0 Å². The summed E-state index contributed by atoms with van der Waals surface area (Å²) in [5.41, 5.74) is 2.03. The van der Waals surface area contributed by atoms with Gasteiger partial charge in [0, 0.05) is 25.3 Å². The molecule has 86 valence electrons. The van der Waals surface area contributed by atoms with E-state index in [1.807, 2.05) is 6.92 Å². The zero-order chi connectivity index (χ0) is 12.0. The third kappa shape index (κ3) is 3.50. The number of hydrogen-bond acceptors (Lipinski definition) is 2. The highest BCUT2D eigenvalue weighted by molar-refractivity contribution is 5.79. The second-order valence-corrected chi connectivity index (χ2v) is 3.48. The van der Waals surface area contributed by atoms with E-state index in [0.29, 0.717) is 6.42 Å². The van der Waals surface area contributed by atoms with Crippen LogP contribution >= 0.6 is 0 Å². The first-order valence-electron chi connectivity index (χ1n) is 5.07. The van der Waals surface area contributed by atoms with Gasteiger partial charge in [0.05, 0.1) is 12.9 Å². The van der Waals surface area contributed by atoms with Gasteiger partial charge in [0.25, 0.3) is 0 Å². The molecule has 0 heterocycles. The molecule has 0 spiro atoms. The number of benzene rings is 1. The van der Waals surface area contributed by atoms with E-state index in [0.717, 1.165) is 16.9 Å². The number of nitrogens with zero attached hydrogens (tertiary/aromatic N) is 1. The Balaban J connectivity index is 2.88. The average molecular weight is 221 g/mol. The molecule has 0 aromatic heterocycles. The summed E-state index contributed by atoms with van der Waals surface area (Å²) in [6, 6.07) is 6.44. The highest BCUT2D eigenvalue weighted by atomic mass is 19.1. The van der Waals surface area contributed by atoms with Gasteiger partial charge in [-0.3, -0.25) is 4.99 Å². The lowest BCUT2D eigenvalue weighted by Crippen LogP contribution is -1.98. The summed E-state index contributed by atoms with van der Waals surface area (Å²) in [6.45, 7) is 1.89. The Morgan fingerprint density at radius 1 is 1.38 bits per heavy atom. The molecular formula is C13H16FNO. The molecular weight excluding hydrogens is 205 g/mol. The molecule has 0 radical (unpaired) electrons. The second kappa shape index (κ2) is 6.05. The number of allylic oxidation sites excluding steroid dienone is 2. The van der Waals surface area contributed by atoms with Crippen LogP contribution in [0.4, 0.5) is 4.39 Å². The van der Waals surface area contributed by atoms with E-state index in [2.05, 4.69) is 4.99 Å². The van der Waals surface area contributed by atoms with E-state index in [4.69, 9.17) is 4.74 Å². The van der Waals surface area contributed by atoms with Crippen molar-refractivity contribution in [3.8, 4) is 0 Å². The van der Waals surface area contributed by atoms with E-state index < -0.39 is 0 Å². The van der Waals surface area contributed by atoms with Gasteiger partial charge < -0.3 is 4.74 Å². The number of halogens is 1. The van der Waals surface area contributed by atoms with Crippen LogP contribution in [0.15, 0.2) is 40.6 Å². The first-order valence-corrected chi connectivity index (χ1v) is 5.07. The molecule has 0 aliphatic heterocycles. The normalized spacial score (nSPS) is 12.8. The lowest BCUT2D eigenvalue weighted by Gasteiger charge is -2.07. The summed E-state index contributed by atoms with van der Waals surface area (Å²) in [4.78, 5) is 3.98. The lowest BCUT2D eigenvalue weighted by molar-refractivity contribution is 0.290. The SMILES string of the molecule is CN=C/C(Cc1ccc(F)cc1)=C(\C)OC. The minimum absolute atomic E-state index is 0.220. The molecule has 0 fully saturated rings. The molecule has 0 aliphatic carbocycles. The van der Waals surface area contributed by atoms with E-state index >= 15 is 0 Å². The first-order chi connectivity index (χ1) is 7.67. The molecule has 0 bridgehead atoms. The maximum atomic E-state index is 12.7. The van der Waals surface area contributed by atoms with E-state index in [9.17, 15) is 4.39 Å². The second-order valence-electron chi connectivity index (χ2n) is 3.48. The number of ether oxygens (including phenoxy) is 1. The van der Waals surface area contributed by atoms with Gasteiger partial charge in [0.1, 0.15) is 5.82 Å². The van der Waals surface area contributed by atoms with Crippen LogP contribution in [-0.2, 0) is 11.2 Å². The zero-order valence-electron chi connectivity index (χ0n) is 9.83. The van der Waals surface area contributed by atoms with Gasteiger partial charge in [-0.15, -0.1) is 0 Å². The summed E-state index contributed by atoms with van der Waals surface area (Å²) in [7, 11) is 3.34. The fraction of sp³-hybridized carbons (Fsp3) is 0.308. The van der Waals surface area contributed by atoms with Crippen LogP contribution in [0.3, 0.4) is 0 Å². The summed E-state index contributed by atoms with van der Waals surface area (Å²) in [5, 5.41) is 0. The van der Waals surface area contributed by atoms with Crippen molar-refractivity contribution in [2.24, 2.45) is 4.99 Å². The maximum Gasteiger partial charge on any atom is 0.123 e. The fourth-order valence-corrected chi connectivity index (χ4v) is 1.37. The van der Waals surface area contributed by atoms with Gasteiger partial charge in [-0.1, -0.05) is 12.1 Å². The number of hydrogen-bond donors (Lipinski definition) is 0. The summed E-state index contributed by atoms with van der Waals surface area (Å²) >= 11 is 0. The predicted molar refractivity (Wildman–Crippen MR) is 64.2 cm³/mol. The van der Waals surface area contributed by atoms with Crippen LogP contribution in [0, 0.1) is 5.82 Å². The van der Waals surface area contributed by atoms with E-state index in [1.54, 1.807) is 32.5 Å². The zero-order valence-corrected chi connectivity index (χ0v) is 9.83. The summed E-state index contributed by atoms with van der Waals surface area (Å²) in [5.74, 6) is 0.608. The van der Waals surface area contributed by atoms with Crippen LogP contribution in [0.1, 0.15) is 12.5 Å². The van der Waals surface area contributed by atoms with Crippen LogP contribution in [-0.4, -0.2) is 20.4 Å². The third-order valence-corrected chi connectivity index (χ3v) is 2.35. The molecule has 0 saturated carbocycles. The molecule has 1 aromatic carbocycles. The Hall–Kier alpha value is -1.64. The minimum atomic E-state index is -0.220. The van der Waals surface area contributed by atoms with Gasteiger partial charge in [-0.2, -0.15) is 0 Å². The molecule has 0 amide bonds. The molecule has 0 aliphatic rings. The Labute approximate surface area is 95.5 Å². The summed E-state index contributed by atoms with van der Waals surface area (Å²) in [6.07, 6.45) is 2.46.